The molecule has 1 amide bonds. The van der Waals surface area contributed by atoms with Gasteiger partial charge in [-0.1, -0.05) is 17.7 Å². The first kappa shape index (κ1) is 27.8. The van der Waals surface area contributed by atoms with Crippen molar-refractivity contribution in [3.8, 4) is 17.1 Å². The second-order valence-electron chi connectivity index (χ2n) is 8.90. The van der Waals surface area contributed by atoms with Gasteiger partial charge in [0.15, 0.2) is 0 Å². The first-order valence-electron chi connectivity index (χ1n) is 11.5. The molecule has 3 heterocycles. The number of carbonyl (C=O) groups is 1. The van der Waals surface area contributed by atoms with Gasteiger partial charge in [0.1, 0.15) is 23.3 Å². The number of imidazole rings is 1. The molecule has 10 nitrogen and oxygen atoms in total. The number of carbonyl (C=O) groups excluding carboxylic acids is 1. The molecule has 38 heavy (non-hydrogen) atoms. The van der Waals surface area contributed by atoms with Gasteiger partial charge in [-0.05, 0) is 30.5 Å². The van der Waals surface area contributed by atoms with Crippen LogP contribution in [0.5, 0.6) is 0 Å². The van der Waals surface area contributed by atoms with E-state index >= 15 is 0 Å². The molecular weight excluding hydrogens is 547 g/mol. The third kappa shape index (κ3) is 6.60. The third-order valence-electron chi connectivity index (χ3n) is 6.01. The highest BCUT2D eigenvalue weighted by molar-refractivity contribution is 7.88. The van der Waals surface area contributed by atoms with Crippen molar-refractivity contribution in [2.24, 2.45) is 0 Å². The lowest BCUT2D eigenvalue weighted by Crippen LogP contribution is -2.42. The number of aromatic nitrogens is 4. The number of piperidine rings is 1. The summed E-state index contributed by atoms with van der Waals surface area (Å²) in [6, 6.07) is 4.85. The Balaban J connectivity index is 1.58. The van der Waals surface area contributed by atoms with E-state index in [0.717, 1.165) is 11.8 Å². The van der Waals surface area contributed by atoms with E-state index in [-0.39, 0.29) is 30.1 Å². The van der Waals surface area contributed by atoms with E-state index in [1.165, 1.54) is 28.3 Å². The standard InChI is InChI=1S/C23H25ClF3N7O3S/c1-14(35)28-10-15-3-4-20(18(24)9-15)33-12-19(30-13-33)21-17(23(25,26)27)11-29-22(32-21)31-16-5-7-34(8-6-16)38(2,36)37/h3-4,9,11-13,16H,5-8,10H2,1-2H3,(H,28,35)(H,29,31,32). The monoisotopic (exact) mass is 571 g/mol. The molecule has 0 bridgehead atoms. The molecule has 0 aliphatic carbocycles. The van der Waals surface area contributed by atoms with E-state index < -0.39 is 27.5 Å². The number of nitrogens with zero attached hydrogens (tertiary/aromatic N) is 5. The van der Waals surface area contributed by atoms with E-state index in [9.17, 15) is 26.4 Å². The summed E-state index contributed by atoms with van der Waals surface area (Å²) in [4.78, 5) is 23.3. The smallest absolute Gasteiger partial charge is 0.352 e. The number of hydrogen-bond donors (Lipinski definition) is 2. The molecule has 4 rings (SSSR count). The number of alkyl halides is 3. The molecule has 0 saturated carbocycles. The lowest BCUT2D eigenvalue weighted by Gasteiger charge is -2.30. The summed E-state index contributed by atoms with van der Waals surface area (Å²) >= 11 is 6.39. The minimum atomic E-state index is -4.72. The van der Waals surface area contributed by atoms with Gasteiger partial charge in [0.05, 0.1) is 17.0 Å². The summed E-state index contributed by atoms with van der Waals surface area (Å²) in [6.07, 6.45) is 0.760. The van der Waals surface area contributed by atoms with Crippen molar-refractivity contribution in [2.45, 2.75) is 38.5 Å². The summed E-state index contributed by atoms with van der Waals surface area (Å²) in [7, 11) is -3.31. The predicted octanol–water partition coefficient (Wildman–Crippen LogP) is 3.47. The van der Waals surface area contributed by atoms with Crippen LogP contribution in [0, 0.1) is 0 Å². The van der Waals surface area contributed by atoms with Crippen molar-refractivity contribution < 1.29 is 26.4 Å². The van der Waals surface area contributed by atoms with Crippen LogP contribution in [0.15, 0.2) is 36.9 Å². The van der Waals surface area contributed by atoms with E-state index in [1.807, 2.05) is 0 Å². The predicted molar refractivity (Wildman–Crippen MR) is 135 cm³/mol. The SMILES string of the molecule is CC(=O)NCc1ccc(-n2cnc(-c3nc(NC4CCN(S(C)(=O)=O)CC4)ncc3C(F)(F)F)c2)c(Cl)c1. The van der Waals surface area contributed by atoms with E-state index in [1.54, 1.807) is 18.2 Å². The highest BCUT2D eigenvalue weighted by atomic mass is 35.5. The molecule has 1 aromatic carbocycles. The molecule has 3 aromatic rings. The maximum Gasteiger partial charge on any atom is 0.420 e. The number of rotatable bonds is 7. The fourth-order valence-corrected chi connectivity index (χ4v) is 5.22. The first-order valence-corrected chi connectivity index (χ1v) is 13.8. The van der Waals surface area contributed by atoms with Crippen LogP contribution in [0.1, 0.15) is 30.9 Å². The minimum absolute atomic E-state index is 0.0132. The van der Waals surface area contributed by atoms with Gasteiger partial charge in [-0.25, -0.2) is 27.7 Å². The normalized spacial score (nSPS) is 15.4. The zero-order valence-electron chi connectivity index (χ0n) is 20.5. The summed E-state index contributed by atoms with van der Waals surface area (Å²) < 4.78 is 67.7. The summed E-state index contributed by atoms with van der Waals surface area (Å²) in [5, 5.41) is 6.00. The van der Waals surface area contributed by atoms with Crippen LogP contribution in [0.2, 0.25) is 5.02 Å². The highest BCUT2D eigenvalue weighted by Crippen LogP contribution is 2.36. The van der Waals surface area contributed by atoms with Gasteiger partial charge in [0.25, 0.3) is 0 Å². The molecule has 0 spiro atoms. The Hall–Kier alpha value is -3.23. The number of benzene rings is 1. The van der Waals surface area contributed by atoms with Gasteiger partial charge in [-0.3, -0.25) is 4.79 Å². The van der Waals surface area contributed by atoms with E-state index in [2.05, 4.69) is 25.6 Å². The molecule has 2 aromatic heterocycles. The lowest BCUT2D eigenvalue weighted by molar-refractivity contribution is -0.137. The topological polar surface area (TPSA) is 122 Å². The second kappa shape index (κ2) is 10.9. The second-order valence-corrected chi connectivity index (χ2v) is 11.3. The summed E-state index contributed by atoms with van der Waals surface area (Å²) in [5.41, 5.74) is -0.246. The maximum atomic E-state index is 13.8. The molecule has 0 unspecified atom stereocenters. The number of halogens is 4. The number of nitrogens with one attached hydrogen (secondary N) is 2. The van der Waals surface area contributed by atoms with Gasteiger partial charge in [-0.2, -0.15) is 13.2 Å². The Labute approximate surface area is 222 Å². The minimum Gasteiger partial charge on any atom is -0.352 e. The summed E-state index contributed by atoms with van der Waals surface area (Å²) in [6.45, 7) is 2.26. The van der Waals surface area contributed by atoms with Gasteiger partial charge >= 0.3 is 6.18 Å². The van der Waals surface area contributed by atoms with Gasteiger partial charge in [0, 0.05) is 45.0 Å². The average Bonchev–Trinajstić information content (AvgIpc) is 3.32. The number of sulfonamides is 1. The maximum absolute atomic E-state index is 13.8. The van der Waals surface area contributed by atoms with Crippen molar-refractivity contribution in [1.82, 2.24) is 29.1 Å². The molecule has 1 aliphatic rings. The zero-order valence-corrected chi connectivity index (χ0v) is 22.0. The quantitative estimate of drug-likeness (QED) is 0.445. The number of hydrogen-bond acceptors (Lipinski definition) is 7. The fraction of sp³-hybridized carbons (Fsp3) is 0.391. The van der Waals surface area contributed by atoms with Crippen LogP contribution in [0.3, 0.4) is 0 Å². The first-order chi connectivity index (χ1) is 17.8. The van der Waals surface area contributed by atoms with E-state index in [4.69, 9.17) is 11.6 Å². The van der Waals surface area contributed by atoms with Crippen LogP contribution in [-0.2, 0) is 27.5 Å². The molecule has 1 saturated heterocycles. The van der Waals surface area contributed by atoms with Crippen LogP contribution in [0.4, 0.5) is 19.1 Å². The fourth-order valence-electron chi connectivity index (χ4n) is 4.04. The Bertz CT molecular complexity index is 1440. The molecule has 15 heteroatoms. The molecule has 0 atom stereocenters. The van der Waals surface area contributed by atoms with Crippen LogP contribution >= 0.6 is 11.6 Å². The van der Waals surface area contributed by atoms with Crippen molar-refractivity contribution in [3.05, 3.63) is 53.1 Å². The van der Waals surface area contributed by atoms with Crippen molar-refractivity contribution >= 4 is 33.5 Å². The zero-order chi connectivity index (χ0) is 27.7. The van der Waals surface area contributed by atoms with Crippen molar-refractivity contribution in [2.75, 3.05) is 24.7 Å². The van der Waals surface area contributed by atoms with Crippen molar-refractivity contribution in [1.29, 1.82) is 0 Å². The Morgan fingerprint density at radius 1 is 1.21 bits per heavy atom. The van der Waals surface area contributed by atoms with Crippen LogP contribution in [-0.4, -0.2) is 63.5 Å². The molecule has 2 N–H and O–H groups in total. The average molecular weight is 572 g/mol. The van der Waals surface area contributed by atoms with E-state index in [0.29, 0.717) is 42.8 Å². The van der Waals surface area contributed by atoms with Gasteiger partial charge in [0.2, 0.25) is 21.9 Å². The van der Waals surface area contributed by atoms with Crippen LogP contribution < -0.4 is 10.6 Å². The Kier molecular flexibility index (Phi) is 7.95. The molecular formula is C23H25ClF3N7O3S. The lowest BCUT2D eigenvalue weighted by atomic mass is 10.1. The molecule has 1 aliphatic heterocycles. The van der Waals surface area contributed by atoms with Crippen LogP contribution in [0.25, 0.3) is 17.1 Å². The highest BCUT2D eigenvalue weighted by Gasteiger charge is 2.36. The largest absolute Gasteiger partial charge is 0.420 e. The number of anilines is 1. The molecule has 204 valence electrons. The summed E-state index contributed by atoms with van der Waals surface area (Å²) in [5.74, 6) is -0.205. The Morgan fingerprint density at radius 2 is 1.92 bits per heavy atom. The van der Waals surface area contributed by atoms with Gasteiger partial charge in [-0.15, -0.1) is 0 Å². The number of amides is 1. The third-order valence-corrected chi connectivity index (χ3v) is 7.61. The Morgan fingerprint density at radius 3 is 2.53 bits per heavy atom. The molecule has 1 fully saturated rings. The molecule has 0 radical (unpaired) electrons. The van der Waals surface area contributed by atoms with Gasteiger partial charge < -0.3 is 15.2 Å². The van der Waals surface area contributed by atoms with Crippen molar-refractivity contribution in [3.63, 3.8) is 0 Å².